The second-order valence-corrected chi connectivity index (χ2v) is 4.94. The van der Waals surface area contributed by atoms with Crippen LogP contribution in [0.3, 0.4) is 0 Å². The fraction of sp³-hybridized carbons (Fsp3) is 0.400. The average molecular weight is 241 g/mol. The van der Waals surface area contributed by atoms with Crippen LogP contribution < -0.4 is 5.32 Å². The molecule has 1 aliphatic rings. The van der Waals surface area contributed by atoms with Gasteiger partial charge in [0.2, 0.25) is 0 Å². The topological polar surface area (TPSA) is 29.9 Å². The molecule has 1 atom stereocenters. The molecule has 94 valence electrons. The molecule has 1 aromatic carbocycles. The van der Waals surface area contributed by atoms with Gasteiger partial charge in [-0.05, 0) is 24.9 Å². The molecule has 0 spiro atoms. The maximum Gasteiger partial charge on any atom is 0.0948 e. The Labute approximate surface area is 108 Å². The summed E-state index contributed by atoms with van der Waals surface area (Å²) in [6, 6.07) is 10.6. The summed E-state index contributed by atoms with van der Waals surface area (Å²) in [6.45, 7) is 3.25. The highest BCUT2D eigenvalue weighted by molar-refractivity contribution is 5.15. The molecule has 0 bridgehead atoms. The first-order valence-corrected chi connectivity index (χ1v) is 6.68. The molecule has 2 aromatic rings. The van der Waals surface area contributed by atoms with Crippen molar-refractivity contribution >= 4 is 0 Å². The fourth-order valence-corrected chi connectivity index (χ4v) is 2.66. The maximum absolute atomic E-state index is 4.31. The summed E-state index contributed by atoms with van der Waals surface area (Å²) < 4.78 is 2.31. The monoisotopic (exact) mass is 241 g/mol. The van der Waals surface area contributed by atoms with Crippen LogP contribution in [0.2, 0.25) is 0 Å². The van der Waals surface area contributed by atoms with E-state index in [2.05, 4.69) is 45.2 Å². The number of benzene rings is 1. The first-order valence-electron chi connectivity index (χ1n) is 6.68. The van der Waals surface area contributed by atoms with Gasteiger partial charge in [-0.1, -0.05) is 30.3 Å². The smallest absolute Gasteiger partial charge is 0.0948 e. The van der Waals surface area contributed by atoms with Gasteiger partial charge in [-0.2, -0.15) is 0 Å². The van der Waals surface area contributed by atoms with Crippen molar-refractivity contribution in [3.05, 3.63) is 54.1 Å². The number of aryl methyl sites for hydroxylation is 2. The molecule has 0 radical (unpaired) electrons. The molecule has 1 unspecified atom stereocenters. The van der Waals surface area contributed by atoms with E-state index in [1.165, 1.54) is 17.7 Å². The average Bonchev–Trinajstić information content (AvgIpc) is 3.08. The molecule has 3 rings (SSSR count). The van der Waals surface area contributed by atoms with E-state index < -0.39 is 0 Å². The molecular formula is C15H19N3. The zero-order valence-corrected chi connectivity index (χ0v) is 10.5. The van der Waals surface area contributed by atoms with Gasteiger partial charge < -0.3 is 9.88 Å². The number of hydrogen-bond donors (Lipinski definition) is 1. The molecule has 0 aliphatic carbocycles. The summed E-state index contributed by atoms with van der Waals surface area (Å²) in [4.78, 5) is 4.31. The molecule has 1 aliphatic heterocycles. The SMILES string of the molecule is c1ccc(CCn2cncc2C2CCNC2)cc1. The van der Waals surface area contributed by atoms with E-state index in [9.17, 15) is 0 Å². The summed E-state index contributed by atoms with van der Waals surface area (Å²) in [5.41, 5.74) is 2.78. The van der Waals surface area contributed by atoms with E-state index in [1.807, 2.05) is 12.5 Å². The largest absolute Gasteiger partial charge is 0.334 e. The molecular weight excluding hydrogens is 222 g/mol. The van der Waals surface area contributed by atoms with Gasteiger partial charge >= 0.3 is 0 Å². The second kappa shape index (κ2) is 5.36. The van der Waals surface area contributed by atoms with Crippen molar-refractivity contribution in [1.29, 1.82) is 0 Å². The minimum absolute atomic E-state index is 0.642. The Morgan fingerprint density at radius 3 is 2.94 bits per heavy atom. The van der Waals surface area contributed by atoms with E-state index in [-0.39, 0.29) is 0 Å². The highest BCUT2D eigenvalue weighted by Crippen LogP contribution is 2.22. The minimum Gasteiger partial charge on any atom is -0.334 e. The lowest BCUT2D eigenvalue weighted by Gasteiger charge is -2.12. The lowest BCUT2D eigenvalue weighted by molar-refractivity contribution is 0.612. The van der Waals surface area contributed by atoms with Gasteiger partial charge in [0.05, 0.1) is 6.33 Å². The van der Waals surface area contributed by atoms with E-state index in [0.29, 0.717) is 5.92 Å². The quantitative estimate of drug-likeness (QED) is 0.889. The van der Waals surface area contributed by atoms with Crippen molar-refractivity contribution in [3.63, 3.8) is 0 Å². The number of nitrogens with zero attached hydrogens (tertiary/aromatic N) is 2. The van der Waals surface area contributed by atoms with Gasteiger partial charge in [0.25, 0.3) is 0 Å². The summed E-state index contributed by atoms with van der Waals surface area (Å²) in [5, 5.41) is 3.42. The lowest BCUT2D eigenvalue weighted by Crippen LogP contribution is -2.12. The molecule has 0 amide bonds. The number of nitrogens with one attached hydrogen (secondary N) is 1. The highest BCUT2D eigenvalue weighted by atomic mass is 15.1. The van der Waals surface area contributed by atoms with Crippen molar-refractivity contribution in [2.45, 2.75) is 25.3 Å². The number of hydrogen-bond acceptors (Lipinski definition) is 2. The molecule has 2 heterocycles. The van der Waals surface area contributed by atoms with Crippen LogP contribution in [0.15, 0.2) is 42.9 Å². The van der Waals surface area contributed by atoms with Crippen molar-refractivity contribution in [2.24, 2.45) is 0 Å². The van der Waals surface area contributed by atoms with Crippen LogP contribution >= 0.6 is 0 Å². The van der Waals surface area contributed by atoms with Crippen LogP contribution in [-0.4, -0.2) is 22.6 Å². The van der Waals surface area contributed by atoms with Crippen LogP contribution in [0.4, 0.5) is 0 Å². The van der Waals surface area contributed by atoms with Crippen LogP contribution in [0.25, 0.3) is 0 Å². The Hall–Kier alpha value is -1.61. The van der Waals surface area contributed by atoms with E-state index >= 15 is 0 Å². The van der Waals surface area contributed by atoms with Gasteiger partial charge in [-0.3, -0.25) is 0 Å². The predicted octanol–water partition coefficient (Wildman–Crippen LogP) is 2.20. The normalized spacial score (nSPS) is 19.2. The van der Waals surface area contributed by atoms with Gasteiger partial charge in [0, 0.05) is 30.9 Å². The number of aromatic nitrogens is 2. The summed E-state index contributed by atoms with van der Waals surface area (Å²) in [5.74, 6) is 0.642. The fourth-order valence-electron chi connectivity index (χ4n) is 2.66. The molecule has 1 saturated heterocycles. The Balaban J connectivity index is 1.68. The van der Waals surface area contributed by atoms with Gasteiger partial charge in [-0.15, -0.1) is 0 Å². The molecule has 1 N–H and O–H groups in total. The zero-order valence-electron chi connectivity index (χ0n) is 10.5. The first-order chi connectivity index (χ1) is 8.93. The van der Waals surface area contributed by atoms with E-state index in [4.69, 9.17) is 0 Å². The molecule has 1 fully saturated rings. The van der Waals surface area contributed by atoms with Crippen molar-refractivity contribution in [2.75, 3.05) is 13.1 Å². The van der Waals surface area contributed by atoms with Crippen LogP contribution in [0.1, 0.15) is 23.6 Å². The summed E-state index contributed by atoms with van der Waals surface area (Å²) >= 11 is 0. The summed E-state index contributed by atoms with van der Waals surface area (Å²) in [6.07, 6.45) is 6.31. The maximum atomic E-state index is 4.31. The van der Waals surface area contributed by atoms with Gasteiger partial charge in [-0.25, -0.2) is 4.98 Å². The molecule has 3 nitrogen and oxygen atoms in total. The molecule has 18 heavy (non-hydrogen) atoms. The zero-order chi connectivity index (χ0) is 12.2. The Morgan fingerprint density at radius 2 is 2.17 bits per heavy atom. The summed E-state index contributed by atoms with van der Waals surface area (Å²) in [7, 11) is 0. The van der Waals surface area contributed by atoms with Crippen LogP contribution in [0, 0.1) is 0 Å². The van der Waals surface area contributed by atoms with Gasteiger partial charge in [0.15, 0.2) is 0 Å². The Kier molecular flexibility index (Phi) is 3.42. The van der Waals surface area contributed by atoms with Crippen molar-refractivity contribution < 1.29 is 0 Å². The number of rotatable bonds is 4. The Bertz CT molecular complexity index is 483. The highest BCUT2D eigenvalue weighted by Gasteiger charge is 2.19. The molecule has 3 heteroatoms. The third-order valence-electron chi connectivity index (χ3n) is 3.71. The van der Waals surface area contributed by atoms with Crippen molar-refractivity contribution in [3.8, 4) is 0 Å². The van der Waals surface area contributed by atoms with Gasteiger partial charge in [0.1, 0.15) is 0 Å². The first kappa shape index (κ1) is 11.5. The van der Waals surface area contributed by atoms with Crippen molar-refractivity contribution in [1.82, 2.24) is 14.9 Å². The second-order valence-electron chi connectivity index (χ2n) is 4.94. The third kappa shape index (κ3) is 2.46. The van der Waals surface area contributed by atoms with Crippen LogP contribution in [-0.2, 0) is 13.0 Å². The lowest BCUT2D eigenvalue weighted by atomic mass is 10.1. The third-order valence-corrected chi connectivity index (χ3v) is 3.71. The predicted molar refractivity (Wildman–Crippen MR) is 72.6 cm³/mol. The standard InChI is InChI=1S/C15H19N3/c1-2-4-13(5-3-1)7-9-18-12-17-11-15(18)14-6-8-16-10-14/h1-5,11-12,14,16H,6-10H2. The molecule has 0 saturated carbocycles. The number of imidazole rings is 1. The van der Waals surface area contributed by atoms with E-state index in [0.717, 1.165) is 26.1 Å². The Morgan fingerprint density at radius 1 is 1.28 bits per heavy atom. The minimum atomic E-state index is 0.642. The van der Waals surface area contributed by atoms with E-state index in [1.54, 1.807) is 0 Å². The van der Waals surface area contributed by atoms with Crippen LogP contribution in [0.5, 0.6) is 0 Å². The molecule has 1 aromatic heterocycles.